The highest BCUT2D eigenvalue weighted by Crippen LogP contribution is 2.38. The summed E-state index contributed by atoms with van der Waals surface area (Å²) in [5, 5.41) is 1.86. The Morgan fingerprint density at radius 2 is 1.74 bits per heavy atom. The van der Waals surface area contributed by atoms with Crippen molar-refractivity contribution < 1.29 is 23.8 Å². The van der Waals surface area contributed by atoms with E-state index < -0.39 is 5.91 Å². The first-order valence-electron chi connectivity index (χ1n) is 9.66. The average Bonchev–Trinajstić information content (AvgIpc) is 3.02. The van der Waals surface area contributed by atoms with E-state index >= 15 is 0 Å². The lowest BCUT2D eigenvalue weighted by molar-refractivity contribution is -0.115. The van der Waals surface area contributed by atoms with Gasteiger partial charge in [0.25, 0.3) is 11.1 Å². The van der Waals surface area contributed by atoms with Crippen LogP contribution in [0, 0.1) is 0 Å². The van der Waals surface area contributed by atoms with E-state index in [-0.39, 0.29) is 10.7 Å². The predicted molar refractivity (Wildman–Crippen MR) is 126 cm³/mol. The molecule has 164 valence electrons. The first kappa shape index (κ1) is 23.2. The van der Waals surface area contributed by atoms with E-state index in [0.29, 0.717) is 39.7 Å². The third-order valence-corrected chi connectivity index (χ3v) is 5.91. The monoisotopic (exact) mass is 505 g/mol. The van der Waals surface area contributed by atoms with Crippen LogP contribution < -0.4 is 19.5 Å². The molecule has 31 heavy (non-hydrogen) atoms. The summed E-state index contributed by atoms with van der Waals surface area (Å²) >= 11 is 4.36. The number of nitrogens with one attached hydrogen (secondary N) is 1. The highest BCUT2D eigenvalue weighted by atomic mass is 79.9. The van der Waals surface area contributed by atoms with Crippen LogP contribution in [0.25, 0.3) is 6.08 Å². The maximum atomic E-state index is 11.8. The van der Waals surface area contributed by atoms with Gasteiger partial charge in [0.15, 0.2) is 11.5 Å². The molecular formula is C23H24BrNO5S. The zero-order valence-electron chi connectivity index (χ0n) is 17.8. The molecule has 0 radical (unpaired) electrons. The van der Waals surface area contributed by atoms with Gasteiger partial charge in [-0.2, -0.15) is 0 Å². The van der Waals surface area contributed by atoms with Crippen molar-refractivity contribution in [2.24, 2.45) is 0 Å². The molecule has 0 aliphatic carbocycles. The van der Waals surface area contributed by atoms with Crippen molar-refractivity contribution in [1.29, 1.82) is 0 Å². The Labute approximate surface area is 194 Å². The summed E-state index contributed by atoms with van der Waals surface area (Å²) in [6, 6.07) is 11.6. The van der Waals surface area contributed by atoms with Crippen molar-refractivity contribution in [3.05, 3.63) is 56.9 Å². The van der Waals surface area contributed by atoms with Crippen LogP contribution >= 0.6 is 27.7 Å². The van der Waals surface area contributed by atoms with Gasteiger partial charge in [-0.15, -0.1) is 0 Å². The zero-order chi connectivity index (χ0) is 22.6. The molecule has 1 aliphatic rings. The molecule has 1 N–H and O–H groups in total. The number of methoxy groups -OCH3 is 1. The van der Waals surface area contributed by atoms with Crippen LogP contribution in [-0.4, -0.2) is 31.5 Å². The van der Waals surface area contributed by atoms with Crippen LogP contribution in [0.15, 0.2) is 45.8 Å². The first-order valence-corrected chi connectivity index (χ1v) is 11.3. The summed E-state index contributed by atoms with van der Waals surface area (Å²) in [5.74, 6) is 1.42. The fraction of sp³-hybridized carbons (Fsp3) is 0.304. The van der Waals surface area contributed by atoms with Gasteiger partial charge in [-0.25, -0.2) is 0 Å². The van der Waals surface area contributed by atoms with Gasteiger partial charge in [0, 0.05) is 0 Å². The highest BCUT2D eigenvalue weighted by molar-refractivity contribution is 9.10. The molecule has 0 unspecified atom stereocenters. The lowest BCUT2D eigenvalue weighted by Crippen LogP contribution is -2.17. The van der Waals surface area contributed by atoms with E-state index in [2.05, 4.69) is 54.2 Å². The molecular weight excluding hydrogens is 482 g/mol. The number of hydrogen-bond acceptors (Lipinski definition) is 6. The molecule has 8 heteroatoms. The van der Waals surface area contributed by atoms with Gasteiger partial charge in [-0.1, -0.05) is 32.9 Å². The van der Waals surface area contributed by atoms with Crippen molar-refractivity contribution in [3.63, 3.8) is 0 Å². The van der Waals surface area contributed by atoms with Crippen LogP contribution in [0.1, 0.15) is 31.9 Å². The van der Waals surface area contributed by atoms with E-state index in [1.807, 2.05) is 12.1 Å². The lowest BCUT2D eigenvalue weighted by atomic mass is 9.87. The minimum Gasteiger partial charge on any atom is -0.493 e. The van der Waals surface area contributed by atoms with Gasteiger partial charge < -0.3 is 14.2 Å². The molecule has 0 spiro atoms. The Morgan fingerprint density at radius 3 is 2.32 bits per heavy atom. The lowest BCUT2D eigenvalue weighted by Gasteiger charge is -2.19. The molecule has 3 rings (SSSR count). The van der Waals surface area contributed by atoms with Crippen LogP contribution in [0.5, 0.6) is 17.2 Å². The van der Waals surface area contributed by atoms with Crippen LogP contribution in [0.4, 0.5) is 4.79 Å². The fourth-order valence-electron chi connectivity index (χ4n) is 2.89. The molecule has 1 aliphatic heterocycles. The molecule has 6 nitrogen and oxygen atoms in total. The molecule has 1 saturated heterocycles. The van der Waals surface area contributed by atoms with Crippen molar-refractivity contribution in [3.8, 4) is 17.2 Å². The van der Waals surface area contributed by atoms with Crippen LogP contribution in [-0.2, 0) is 10.2 Å². The van der Waals surface area contributed by atoms with E-state index in [0.717, 1.165) is 17.5 Å². The number of halogens is 1. The Bertz CT molecular complexity index is 1010. The number of amides is 2. The second kappa shape index (κ2) is 9.78. The number of ether oxygens (including phenoxy) is 3. The second-order valence-corrected chi connectivity index (χ2v) is 9.73. The summed E-state index contributed by atoms with van der Waals surface area (Å²) in [6.07, 6.45) is 1.63. The number of rotatable bonds is 7. The Hall–Kier alpha value is -2.45. The van der Waals surface area contributed by atoms with Gasteiger partial charge in [-0.3, -0.25) is 14.9 Å². The molecule has 0 aromatic heterocycles. The highest BCUT2D eigenvalue weighted by Gasteiger charge is 2.25. The molecule has 2 aromatic carbocycles. The predicted octanol–water partition coefficient (Wildman–Crippen LogP) is 5.54. The zero-order valence-corrected chi connectivity index (χ0v) is 20.2. The Balaban J connectivity index is 1.62. The molecule has 2 aromatic rings. The van der Waals surface area contributed by atoms with Gasteiger partial charge in [0.05, 0.1) is 16.5 Å². The average molecular weight is 506 g/mol. The van der Waals surface area contributed by atoms with Crippen molar-refractivity contribution in [2.45, 2.75) is 26.2 Å². The van der Waals surface area contributed by atoms with Crippen molar-refractivity contribution in [2.75, 3.05) is 20.3 Å². The maximum Gasteiger partial charge on any atom is 0.290 e. The number of carbonyl (C=O) groups excluding carboxylic acids is 2. The number of thioether (sulfide) groups is 1. The molecule has 2 amide bonds. The van der Waals surface area contributed by atoms with Gasteiger partial charge >= 0.3 is 0 Å². The molecule has 1 heterocycles. The van der Waals surface area contributed by atoms with E-state index in [1.54, 1.807) is 25.3 Å². The standard InChI is InChI=1S/C23H24BrNO5S/c1-23(2,3)15-5-7-16(8-6-15)29-9-10-30-20-17(24)11-14(12-18(20)28-4)13-19-21(26)25-22(27)31-19/h5-8,11-13H,9-10H2,1-4H3,(H,25,26,27)/b19-13-. The second-order valence-electron chi connectivity index (χ2n) is 7.86. The van der Waals surface area contributed by atoms with E-state index in [1.165, 1.54) is 5.56 Å². The summed E-state index contributed by atoms with van der Waals surface area (Å²) < 4.78 is 17.7. The number of benzene rings is 2. The maximum absolute atomic E-state index is 11.8. The van der Waals surface area contributed by atoms with Crippen LogP contribution in [0.2, 0.25) is 0 Å². The molecule has 0 bridgehead atoms. The normalized spacial score (nSPS) is 15.2. The topological polar surface area (TPSA) is 73.9 Å². The van der Waals surface area contributed by atoms with Crippen molar-refractivity contribution >= 4 is 44.9 Å². The SMILES string of the molecule is COc1cc(/C=C2\SC(=O)NC2=O)cc(Br)c1OCCOc1ccc(C(C)(C)C)cc1. The fourth-order valence-corrected chi connectivity index (χ4v) is 4.15. The minimum atomic E-state index is -0.405. The smallest absolute Gasteiger partial charge is 0.290 e. The summed E-state index contributed by atoms with van der Waals surface area (Å²) in [7, 11) is 1.54. The number of carbonyl (C=O) groups is 2. The first-order chi connectivity index (χ1) is 14.7. The van der Waals surface area contributed by atoms with Gasteiger partial charge in [0.2, 0.25) is 0 Å². The third kappa shape index (κ3) is 6.04. The Kier molecular flexibility index (Phi) is 7.33. The number of imide groups is 1. The Morgan fingerprint density at radius 1 is 1.06 bits per heavy atom. The molecule has 0 saturated carbocycles. The number of hydrogen-bond donors (Lipinski definition) is 1. The van der Waals surface area contributed by atoms with Crippen LogP contribution in [0.3, 0.4) is 0 Å². The summed E-state index contributed by atoms with van der Waals surface area (Å²) in [5.41, 5.74) is 2.05. The third-order valence-electron chi connectivity index (χ3n) is 4.51. The van der Waals surface area contributed by atoms with Crippen molar-refractivity contribution in [1.82, 2.24) is 5.32 Å². The molecule has 1 fully saturated rings. The largest absolute Gasteiger partial charge is 0.493 e. The van der Waals surface area contributed by atoms with E-state index in [9.17, 15) is 9.59 Å². The van der Waals surface area contributed by atoms with E-state index in [4.69, 9.17) is 14.2 Å². The molecule has 0 atom stereocenters. The van der Waals surface area contributed by atoms with Gasteiger partial charge in [-0.05, 0) is 74.6 Å². The summed E-state index contributed by atoms with van der Waals surface area (Å²) in [4.78, 5) is 23.4. The minimum absolute atomic E-state index is 0.0996. The van der Waals surface area contributed by atoms with Gasteiger partial charge in [0.1, 0.15) is 19.0 Å². The summed E-state index contributed by atoms with van der Waals surface area (Å²) in [6.45, 7) is 7.21. The quantitative estimate of drug-likeness (QED) is 0.393.